The molecule has 2 heterocycles. The first-order valence-corrected chi connectivity index (χ1v) is 8.40. The maximum atomic E-state index is 13.2. The van der Waals surface area contributed by atoms with Gasteiger partial charge in [0.05, 0.1) is 12.1 Å². The van der Waals surface area contributed by atoms with Crippen LogP contribution < -0.4 is 10.6 Å². The van der Waals surface area contributed by atoms with Gasteiger partial charge in [-0.05, 0) is 36.6 Å². The van der Waals surface area contributed by atoms with Gasteiger partial charge < -0.3 is 15.4 Å². The minimum Gasteiger partial charge on any atom is -0.376 e. The molecule has 2 atom stereocenters. The Bertz CT molecular complexity index is 675. The number of rotatable bonds is 7. The molecule has 2 N–H and O–H groups in total. The first kappa shape index (κ1) is 17.3. The van der Waals surface area contributed by atoms with Crippen molar-refractivity contribution in [1.82, 2.24) is 15.3 Å². The van der Waals surface area contributed by atoms with Gasteiger partial charge in [-0.15, -0.1) is 0 Å². The summed E-state index contributed by atoms with van der Waals surface area (Å²) in [4.78, 5) is 20.4. The van der Waals surface area contributed by atoms with Crippen LogP contribution in [0.4, 0.5) is 10.3 Å². The second-order valence-corrected chi connectivity index (χ2v) is 5.90. The summed E-state index contributed by atoms with van der Waals surface area (Å²) in [5.41, 5.74) is 0.848. The zero-order chi connectivity index (χ0) is 17.5. The maximum Gasteiger partial charge on any atom is 0.222 e. The lowest BCUT2D eigenvalue weighted by Gasteiger charge is -2.25. The van der Waals surface area contributed by atoms with Gasteiger partial charge in [-0.3, -0.25) is 4.79 Å². The highest BCUT2D eigenvalue weighted by atomic mass is 19.1. The molecule has 2 aromatic rings. The Morgan fingerprint density at radius 1 is 1.28 bits per heavy atom. The van der Waals surface area contributed by atoms with E-state index in [0.29, 0.717) is 19.1 Å². The number of carbonyl (C=O) groups is 1. The minimum absolute atomic E-state index is 0.0835. The molecular weight excluding hydrogens is 323 g/mol. The molecule has 6 nitrogen and oxygen atoms in total. The van der Waals surface area contributed by atoms with Gasteiger partial charge in [0.2, 0.25) is 11.9 Å². The highest BCUT2D eigenvalue weighted by Gasteiger charge is 2.28. The number of nitrogens with zero attached hydrogens (tertiary/aromatic N) is 2. The lowest BCUT2D eigenvalue weighted by Crippen LogP contribution is -2.36. The van der Waals surface area contributed by atoms with Crippen molar-refractivity contribution in [3.8, 4) is 0 Å². The molecule has 3 rings (SSSR count). The van der Waals surface area contributed by atoms with E-state index in [9.17, 15) is 9.18 Å². The molecule has 0 radical (unpaired) electrons. The van der Waals surface area contributed by atoms with Crippen LogP contribution in [0.25, 0.3) is 0 Å². The second kappa shape index (κ2) is 8.53. The van der Waals surface area contributed by atoms with Crippen LogP contribution in [-0.4, -0.2) is 35.1 Å². The molecule has 1 aromatic carbocycles. The van der Waals surface area contributed by atoms with Gasteiger partial charge in [-0.1, -0.05) is 12.1 Å². The Morgan fingerprint density at radius 2 is 2.04 bits per heavy atom. The average molecular weight is 344 g/mol. The number of aromatic nitrogens is 2. The van der Waals surface area contributed by atoms with Gasteiger partial charge in [0.15, 0.2) is 0 Å². The van der Waals surface area contributed by atoms with Crippen molar-refractivity contribution in [1.29, 1.82) is 0 Å². The van der Waals surface area contributed by atoms with Gasteiger partial charge in [0, 0.05) is 32.0 Å². The summed E-state index contributed by atoms with van der Waals surface area (Å²) in [7, 11) is 0. The third-order valence-electron chi connectivity index (χ3n) is 4.08. The Balaban J connectivity index is 1.57. The summed E-state index contributed by atoms with van der Waals surface area (Å²) in [5, 5.41) is 6.02. The number of benzene rings is 1. The standard InChI is InChI=1S/C18H21FN4O2/c19-14-6-4-13(5-7-14)17(15-3-1-12-25-15)23-16(24)8-11-22-18-20-9-2-10-21-18/h2,4-7,9-10,15,17H,1,3,8,11-12H2,(H,23,24)(H,20,21,22). The highest BCUT2D eigenvalue weighted by Crippen LogP contribution is 2.27. The van der Waals surface area contributed by atoms with Crippen molar-refractivity contribution in [2.75, 3.05) is 18.5 Å². The molecule has 1 amide bonds. The van der Waals surface area contributed by atoms with E-state index in [2.05, 4.69) is 20.6 Å². The predicted molar refractivity (Wildman–Crippen MR) is 91.4 cm³/mol. The third-order valence-corrected chi connectivity index (χ3v) is 4.08. The molecule has 1 fully saturated rings. The number of halogens is 1. The van der Waals surface area contributed by atoms with E-state index in [4.69, 9.17) is 4.74 Å². The molecular formula is C18H21FN4O2. The van der Waals surface area contributed by atoms with E-state index in [-0.39, 0.29) is 30.3 Å². The number of carbonyl (C=O) groups excluding carboxylic acids is 1. The van der Waals surface area contributed by atoms with E-state index < -0.39 is 0 Å². The minimum atomic E-state index is -0.298. The molecule has 0 aliphatic carbocycles. The number of ether oxygens (including phenoxy) is 1. The van der Waals surface area contributed by atoms with Gasteiger partial charge in [0.25, 0.3) is 0 Å². The smallest absolute Gasteiger partial charge is 0.222 e. The van der Waals surface area contributed by atoms with Crippen molar-refractivity contribution >= 4 is 11.9 Å². The van der Waals surface area contributed by atoms with E-state index >= 15 is 0 Å². The Labute approximate surface area is 145 Å². The molecule has 7 heteroatoms. The van der Waals surface area contributed by atoms with E-state index in [0.717, 1.165) is 18.4 Å². The average Bonchev–Trinajstić information content (AvgIpc) is 3.16. The molecule has 1 saturated heterocycles. The van der Waals surface area contributed by atoms with Crippen LogP contribution in [-0.2, 0) is 9.53 Å². The van der Waals surface area contributed by atoms with Crippen molar-refractivity contribution in [3.63, 3.8) is 0 Å². The molecule has 0 spiro atoms. The van der Waals surface area contributed by atoms with Crippen molar-refractivity contribution in [2.24, 2.45) is 0 Å². The topological polar surface area (TPSA) is 76.1 Å². The van der Waals surface area contributed by atoms with E-state index in [1.165, 1.54) is 12.1 Å². The zero-order valence-electron chi connectivity index (χ0n) is 13.8. The highest BCUT2D eigenvalue weighted by molar-refractivity contribution is 5.77. The van der Waals surface area contributed by atoms with Crippen LogP contribution in [0.15, 0.2) is 42.7 Å². The summed E-state index contributed by atoms with van der Waals surface area (Å²) >= 11 is 0. The van der Waals surface area contributed by atoms with Gasteiger partial charge in [0.1, 0.15) is 5.82 Å². The molecule has 1 aliphatic heterocycles. The van der Waals surface area contributed by atoms with E-state index in [1.54, 1.807) is 30.6 Å². The second-order valence-electron chi connectivity index (χ2n) is 5.90. The van der Waals surface area contributed by atoms with Gasteiger partial charge in [-0.25, -0.2) is 14.4 Å². The van der Waals surface area contributed by atoms with Crippen LogP contribution in [0.1, 0.15) is 30.9 Å². The van der Waals surface area contributed by atoms with Crippen molar-refractivity contribution in [3.05, 3.63) is 54.1 Å². The molecule has 132 valence electrons. The number of nitrogens with one attached hydrogen (secondary N) is 2. The quantitative estimate of drug-likeness (QED) is 0.807. The molecule has 0 saturated carbocycles. The van der Waals surface area contributed by atoms with Crippen LogP contribution in [0.2, 0.25) is 0 Å². The van der Waals surface area contributed by atoms with Crippen LogP contribution >= 0.6 is 0 Å². The maximum absolute atomic E-state index is 13.2. The SMILES string of the molecule is O=C(CCNc1ncccn1)NC(c1ccc(F)cc1)C1CCCO1. The monoisotopic (exact) mass is 344 g/mol. The van der Waals surface area contributed by atoms with Gasteiger partial charge >= 0.3 is 0 Å². The lowest BCUT2D eigenvalue weighted by molar-refractivity contribution is -0.122. The predicted octanol–water partition coefficient (Wildman–Crippen LogP) is 2.45. The first-order chi connectivity index (χ1) is 12.2. The third kappa shape index (κ3) is 4.96. The summed E-state index contributed by atoms with van der Waals surface area (Å²) in [6.07, 6.45) is 5.31. The summed E-state index contributed by atoms with van der Waals surface area (Å²) < 4.78 is 18.9. The van der Waals surface area contributed by atoms with Crippen LogP contribution in [0, 0.1) is 5.82 Å². The molecule has 25 heavy (non-hydrogen) atoms. The summed E-state index contributed by atoms with van der Waals surface area (Å²) in [5.74, 6) is 0.0889. The fourth-order valence-corrected chi connectivity index (χ4v) is 2.85. The Morgan fingerprint density at radius 3 is 2.72 bits per heavy atom. The number of hydrogen-bond acceptors (Lipinski definition) is 5. The first-order valence-electron chi connectivity index (χ1n) is 8.40. The van der Waals surface area contributed by atoms with E-state index in [1.807, 2.05) is 0 Å². The Kier molecular flexibility index (Phi) is 5.90. The van der Waals surface area contributed by atoms with Crippen molar-refractivity contribution in [2.45, 2.75) is 31.4 Å². The molecule has 1 aliphatic rings. The summed E-state index contributed by atoms with van der Waals surface area (Å²) in [6, 6.07) is 7.64. The Hall–Kier alpha value is -2.54. The van der Waals surface area contributed by atoms with Crippen molar-refractivity contribution < 1.29 is 13.9 Å². The normalized spacial score (nSPS) is 17.9. The number of hydrogen-bond donors (Lipinski definition) is 2. The van der Waals surface area contributed by atoms with Gasteiger partial charge in [-0.2, -0.15) is 0 Å². The fourth-order valence-electron chi connectivity index (χ4n) is 2.85. The number of anilines is 1. The number of amides is 1. The molecule has 0 bridgehead atoms. The van der Waals surface area contributed by atoms with Crippen LogP contribution in [0.5, 0.6) is 0 Å². The van der Waals surface area contributed by atoms with Crippen LogP contribution in [0.3, 0.4) is 0 Å². The zero-order valence-corrected chi connectivity index (χ0v) is 13.8. The fraction of sp³-hybridized carbons (Fsp3) is 0.389. The molecule has 2 unspecified atom stereocenters. The largest absolute Gasteiger partial charge is 0.376 e. The lowest BCUT2D eigenvalue weighted by atomic mass is 9.99. The molecule has 1 aromatic heterocycles. The summed E-state index contributed by atoms with van der Waals surface area (Å²) in [6.45, 7) is 1.11.